The Balaban J connectivity index is 0.000000745. The third kappa shape index (κ3) is 9.81. The smallest absolute Gasteiger partial charge is 0.487 e. The highest BCUT2D eigenvalue weighted by molar-refractivity contribution is 9.10. The molecule has 0 saturated carbocycles. The molecular formula is C25H24BrF5N4O6. The first kappa shape index (κ1) is 33.1. The van der Waals surface area contributed by atoms with Crippen LogP contribution in [0.3, 0.4) is 0 Å². The number of hydrogen-bond acceptors (Lipinski definition) is 8. The highest BCUT2D eigenvalue weighted by Crippen LogP contribution is 2.32. The van der Waals surface area contributed by atoms with E-state index in [1.807, 2.05) is 0 Å². The van der Waals surface area contributed by atoms with Gasteiger partial charge in [-0.2, -0.15) is 13.2 Å². The second-order valence-electron chi connectivity index (χ2n) is 8.15. The van der Waals surface area contributed by atoms with Crippen molar-refractivity contribution in [2.24, 2.45) is 0 Å². The van der Waals surface area contributed by atoms with E-state index >= 15 is 0 Å². The van der Waals surface area contributed by atoms with Crippen LogP contribution in [0.4, 0.5) is 27.8 Å². The Labute approximate surface area is 238 Å². The maximum absolute atomic E-state index is 14.1. The zero-order valence-corrected chi connectivity index (χ0v) is 23.4. The molecule has 16 heteroatoms. The Bertz CT molecular complexity index is 1470. The Morgan fingerprint density at radius 1 is 1.17 bits per heavy atom. The number of aromatic nitrogens is 3. The summed E-state index contributed by atoms with van der Waals surface area (Å²) >= 11 is 3.25. The van der Waals surface area contributed by atoms with Crippen LogP contribution in [0.5, 0.6) is 5.75 Å². The second kappa shape index (κ2) is 14.5. The molecule has 1 aromatic carbocycles. The third-order valence-electron chi connectivity index (χ3n) is 5.11. The highest BCUT2D eigenvalue weighted by atomic mass is 79.9. The zero-order chi connectivity index (χ0) is 30.9. The molecule has 0 radical (unpaired) electrons. The fourth-order valence-corrected chi connectivity index (χ4v) is 3.65. The Morgan fingerprint density at radius 2 is 1.83 bits per heavy atom. The number of H-pyrrole nitrogens is 1. The quantitative estimate of drug-likeness (QED) is 0.224. The Morgan fingerprint density at radius 3 is 2.41 bits per heavy atom. The summed E-state index contributed by atoms with van der Waals surface area (Å²) in [5.41, 5.74) is 1.47. The van der Waals surface area contributed by atoms with E-state index in [9.17, 15) is 31.5 Å². The van der Waals surface area contributed by atoms with Crippen molar-refractivity contribution < 1.29 is 46.1 Å². The number of halogens is 6. The minimum absolute atomic E-state index is 0.0845. The molecule has 0 spiro atoms. The third-order valence-corrected chi connectivity index (χ3v) is 5.83. The average molecular weight is 651 g/mol. The topological polar surface area (TPSA) is 144 Å². The lowest BCUT2D eigenvalue weighted by atomic mass is 10.0. The number of aromatic amines is 1. The minimum atomic E-state index is -5.08. The number of aliphatic carboxylic acids is 1. The van der Waals surface area contributed by atoms with Gasteiger partial charge in [-0.1, -0.05) is 0 Å². The molecular weight excluding hydrogens is 627 g/mol. The van der Waals surface area contributed by atoms with Crippen molar-refractivity contribution in [3.05, 3.63) is 79.1 Å². The van der Waals surface area contributed by atoms with Gasteiger partial charge in [0.2, 0.25) is 0 Å². The van der Waals surface area contributed by atoms with Crippen molar-refractivity contribution in [2.75, 3.05) is 18.5 Å². The molecule has 0 unspecified atom stereocenters. The number of alkyl halides is 3. The van der Waals surface area contributed by atoms with E-state index in [2.05, 4.69) is 36.2 Å². The number of esters is 1. The van der Waals surface area contributed by atoms with E-state index in [0.717, 1.165) is 12.1 Å². The van der Waals surface area contributed by atoms with Gasteiger partial charge in [-0.05, 0) is 48.8 Å². The molecule has 2 aromatic heterocycles. The maximum Gasteiger partial charge on any atom is 0.490 e. The van der Waals surface area contributed by atoms with Crippen molar-refractivity contribution in [1.29, 1.82) is 0 Å². The molecule has 3 N–H and O–H groups in total. The Kier molecular flexibility index (Phi) is 11.7. The lowest BCUT2D eigenvalue weighted by Crippen LogP contribution is -2.21. The van der Waals surface area contributed by atoms with E-state index in [-0.39, 0.29) is 42.0 Å². The molecule has 2 heterocycles. The first-order chi connectivity index (χ1) is 19.1. The number of carbonyl (C=O) groups is 2. The SMILES string of the molecule is CCOC(=O)CNc1nc(C)ncc1Cc1c(C)[nH]c(=O)c(Br)c1OCc1ccc(F)cc1F.O=C(O)C(F)(F)F. The molecule has 0 aliphatic rings. The van der Waals surface area contributed by atoms with Crippen molar-refractivity contribution in [3.8, 4) is 5.75 Å². The highest BCUT2D eigenvalue weighted by Gasteiger charge is 2.38. The molecule has 222 valence electrons. The summed E-state index contributed by atoms with van der Waals surface area (Å²) in [5, 5.41) is 10.1. The van der Waals surface area contributed by atoms with Gasteiger partial charge in [0.05, 0.1) is 6.61 Å². The van der Waals surface area contributed by atoms with Crippen LogP contribution < -0.4 is 15.6 Å². The summed E-state index contributed by atoms with van der Waals surface area (Å²) in [6.45, 7) is 5.09. The van der Waals surface area contributed by atoms with Gasteiger partial charge in [0, 0.05) is 41.1 Å². The van der Waals surface area contributed by atoms with Gasteiger partial charge in [0.25, 0.3) is 5.56 Å². The van der Waals surface area contributed by atoms with Crippen LogP contribution >= 0.6 is 15.9 Å². The number of carboxylic acid groups (broad SMARTS) is 1. The van der Waals surface area contributed by atoms with Crippen LogP contribution in [0, 0.1) is 25.5 Å². The summed E-state index contributed by atoms with van der Waals surface area (Å²) < 4.78 is 70.0. The molecule has 41 heavy (non-hydrogen) atoms. The Hall–Kier alpha value is -4.08. The van der Waals surface area contributed by atoms with E-state index in [0.29, 0.717) is 28.5 Å². The van der Waals surface area contributed by atoms with Crippen LogP contribution in [0.15, 0.2) is 33.7 Å². The van der Waals surface area contributed by atoms with Crippen LogP contribution in [0.25, 0.3) is 0 Å². The monoisotopic (exact) mass is 650 g/mol. The number of aryl methyl sites for hydroxylation is 2. The number of anilines is 1. The molecule has 0 atom stereocenters. The first-order valence-electron chi connectivity index (χ1n) is 11.6. The number of ether oxygens (including phenoxy) is 2. The lowest BCUT2D eigenvalue weighted by molar-refractivity contribution is -0.192. The fourth-order valence-electron chi connectivity index (χ4n) is 3.19. The molecule has 3 aromatic rings. The van der Waals surface area contributed by atoms with E-state index in [4.69, 9.17) is 19.4 Å². The molecule has 3 rings (SSSR count). The van der Waals surface area contributed by atoms with Gasteiger partial charge < -0.3 is 24.9 Å². The molecule has 0 aliphatic carbocycles. The van der Waals surface area contributed by atoms with Crippen LogP contribution in [0.1, 0.15) is 35.1 Å². The summed E-state index contributed by atoms with van der Waals surface area (Å²) in [5.74, 6) is -3.50. The summed E-state index contributed by atoms with van der Waals surface area (Å²) in [6.07, 6.45) is -3.24. The van der Waals surface area contributed by atoms with Gasteiger partial charge in [-0.15, -0.1) is 0 Å². The number of nitrogens with one attached hydrogen (secondary N) is 2. The van der Waals surface area contributed by atoms with Crippen molar-refractivity contribution in [1.82, 2.24) is 15.0 Å². The fraction of sp³-hybridized carbons (Fsp3) is 0.320. The first-order valence-corrected chi connectivity index (χ1v) is 12.4. The molecule has 0 saturated heterocycles. The van der Waals surface area contributed by atoms with E-state index in [1.54, 1.807) is 27.0 Å². The summed E-state index contributed by atoms with van der Waals surface area (Å²) in [6, 6.07) is 3.18. The van der Waals surface area contributed by atoms with Crippen molar-refractivity contribution >= 4 is 33.7 Å². The van der Waals surface area contributed by atoms with Gasteiger partial charge in [-0.25, -0.2) is 23.5 Å². The largest absolute Gasteiger partial charge is 0.490 e. The second-order valence-corrected chi connectivity index (χ2v) is 8.95. The van der Waals surface area contributed by atoms with Gasteiger partial charge >= 0.3 is 18.1 Å². The number of pyridine rings is 1. The number of carboxylic acids is 1. The van der Waals surface area contributed by atoms with Gasteiger partial charge in [0.1, 0.15) is 46.7 Å². The lowest BCUT2D eigenvalue weighted by Gasteiger charge is -2.17. The molecule has 0 aliphatic heterocycles. The minimum Gasteiger partial charge on any atom is -0.487 e. The zero-order valence-electron chi connectivity index (χ0n) is 21.8. The van der Waals surface area contributed by atoms with E-state index < -0.39 is 35.3 Å². The predicted octanol–water partition coefficient (Wildman–Crippen LogP) is 4.60. The number of carbonyl (C=O) groups excluding carboxylic acids is 1. The van der Waals surface area contributed by atoms with Crippen LogP contribution in [-0.2, 0) is 27.4 Å². The number of nitrogens with zero attached hydrogens (tertiary/aromatic N) is 2. The summed E-state index contributed by atoms with van der Waals surface area (Å²) in [7, 11) is 0. The molecule has 0 bridgehead atoms. The molecule has 0 fully saturated rings. The van der Waals surface area contributed by atoms with Gasteiger partial charge in [-0.3, -0.25) is 9.59 Å². The molecule has 0 amide bonds. The van der Waals surface area contributed by atoms with Gasteiger partial charge in [0.15, 0.2) is 0 Å². The van der Waals surface area contributed by atoms with Crippen molar-refractivity contribution in [3.63, 3.8) is 0 Å². The van der Waals surface area contributed by atoms with Crippen LogP contribution in [-0.4, -0.2) is 51.3 Å². The molecule has 10 nitrogen and oxygen atoms in total. The van der Waals surface area contributed by atoms with Crippen molar-refractivity contribution in [2.45, 2.75) is 40.0 Å². The normalized spacial score (nSPS) is 10.9. The van der Waals surface area contributed by atoms with E-state index in [1.165, 1.54) is 6.07 Å². The standard InChI is InChI=1S/C23H23BrF2N4O4.C2HF3O2/c1-4-33-19(31)10-28-22-15(9-27-13(3)30-22)7-17-12(2)29-23(32)20(24)21(17)34-11-14-5-6-16(25)8-18(14)26;3-2(4,5)1(6)7/h5-6,8-9H,4,7,10-11H2,1-3H3,(H,29,32)(H,27,28,30);(H,6,7). The number of benzene rings is 1. The predicted molar refractivity (Wildman–Crippen MR) is 139 cm³/mol. The summed E-state index contributed by atoms with van der Waals surface area (Å²) in [4.78, 5) is 44.4. The average Bonchev–Trinajstić information content (AvgIpc) is 2.87. The maximum atomic E-state index is 14.1. The van der Waals surface area contributed by atoms with Crippen LogP contribution in [0.2, 0.25) is 0 Å². The number of rotatable bonds is 9. The number of hydrogen-bond donors (Lipinski definition) is 3.